The Kier molecular flexibility index (Phi) is 5.50. The van der Waals surface area contributed by atoms with Gasteiger partial charge >= 0.3 is 5.97 Å². The third-order valence-electron chi connectivity index (χ3n) is 2.60. The zero-order chi connectivity index (χ0) is 17.0. The molecule has 0 radical (unpaired) electrons. The van der Waals surface area contributed by atoms with Crippen LogP contribution >= 0.6 is 23.1 Å². The van der Waals surface area contributed by atoms with E-state index in [0.717, 1.165) is 23.1 Å². The molecule has 0 aromatic carbocycles. The maximum atomic E-state index is 11.9. The minimum atomic E-state index is -0.489. The Bertz CT molecular complexity index is 800. The van der Waals surface area contributed by atoms with Crippen molar-refractivity contribution >= 4 is 40.1 Å². The highest BCUT2D eigenvalue weighted by Gasteiger charge is 2.17. The largest absolute Gasteiger partial charge is 0.465 e. The van der Waals surface area contributed by atoms with Crippen molar-refractivity contribution in [3.8, 4) is 0 Å². The van der Waals surface area contributed by atoms with Gasteiger partial charge in [0.25, 0.3) is 5.56 Å². The summed E-state index contributed by atoms with van der Waals surface area (Å²) in [4.78, 5) is 45.8. The van der Waals surface area contributed by atoms with E-state index in [-0.39, 0.29) is 17.2 Å². The number of amides is 1. The van der Waals surface area contributed by atoms with E-state index >= 15 is 0 Å². The Labute approximate surface area is 139 Å². The molecule has 2 aromatic rings. The summed E-state index contributed by atoms with van der Waals surface area (Å²) >= 11 is 2.15. The molecule has 0 atom stereocenters. The van der Waals surface area contributed by atoms with Gasteiger partial charge in [-0.1, -0.05) is 23.1 Å². The zero-order valence-corrected chi connectivity index (χ0v) is 14.3. The van der Waals surface area contributed by atoms with Crippen LogP contribution in [0.2, 0.25) is 0 Å². The van der Waals surface area contributed by atoms with Crippen LogP contribution in [0.4, 0.5) is 5.13 Å². The highest BCUT2D eigenvalue weighted by atomic mass is 32.2. The first kappa shape index (κ1) is 17.2. The topological polar surface area (TPSA) is 114 Å². The molecule has 0 aliphatic heterocycles. The van der Waals surface area contributed by atoms with Crippen LogP contribution in [0.3, 0.4) is 0 Å². The van der Waals surface area contributed by atoms with Crippen molar-refractivity contribution in [2.75, 3.05) is 18.2 Å². The van der Waals surface area contributed by atoms with Gasteiger partial charge in [0.05, 0.1) is 18.6 Å². The lowest BCUT2D eigenvalue weighted by atomic mass is 10.4. The van der Waals surface area contributed by atoms with Gasteiger partial charge < -0.3 is 15.0 Å². The molecule has 0 aliphatic rings. The van der Waals surface area contributed by atoms with Crippen LogP contribution in [0.5, 0.6) is 0 Å². The Morgan fingerprint density at radius 3 is 2.78 bits per heavy atom. The average molecular weight is 354 g/mol. The van der Waals surface area contributed by atoms with Crippen molar-refractivity contribution < 1.29 is 14.3 Å². The predicted molar refractivity (Wildman–Crippen MR) is 87.1 cm³/mol. The molecule has 2 N–H and O–H groups in total. The summed E-state index contributed by atoms with van der Waals surface area (Å²) in [5, 5.41) is 3.29. The van der Waals surface area contributed by atoms with Crippen molar-refractivity contribution in [2.45, 2.75) is 19.0 Å². The number of anilines is 1. The number of rotatable bonds is 5. The molecule has 0 aliphatic carbocycles. The van der Waals surface area contributed by atoms with Gasteiger partial charge in [0, 0.05) is 11.8 Å². The number of nitrogens with zero attached hydrogens (tertiary/aromatic N) is 2. The molecule has 2 aromatic heterocycles. The van der Waals surface area contributed by atoms with E-state index < -0.39 is 5.97 Å². The second-order valence-corrected chi connectivity index (χ2v) is 6.42. The van der Waals surface area contributed by atoms with Crippen LogP contribution in [0.25, 0.3) is 0 Å². The SMILES string of the molecule is COC(=O)c1sc(NC(=O)CSc2nc(C)cc(=O)[nH]2)nc1C. The minimum absolute atomic E-state index is 0.0541. The normalized spacial score (nSPS) is 10.4. The molecule has 2 rings (SSSR count). The van der Waals surface area contributed by atoms with Crippen LogP contribution in [0.1, 0.15) is 21.1 Å². The Balaban J connectivity index is 1.97. The van der Waals surface area contributed by atoms with Crippen molar-refractivity contribution in [2.24, 2.45) is 0 Å². The van der Waals surface area contributed by atoms with Gasteiger partial charge in [-0.2, -0.15) is 0 Å². The van der Waals surface area contributed by atoms with Crippen molar-refractivity contribution in [1.82, 2.24) is 15.0 Å². The Morgan fingerprint density at radius 1 is 1.39 bits per heavy atom. The number of aromatic nitrogens is 3. The molecule has 0 fully saturated rings. The third-order valence-corrected chi connectivity index (χ3v) is 4.53. The third kappa shape index (κ3) is 4.63. The number of nitrogens with one attached hydrogen (secondary N) is 2. The number of hydrogen-bond donors (Lipinski definition) is 2. The van der Waals surface area contributed by atoms with Gasteiger partial charge in [0.2, 0.25) is 5.91 Å². The summed E-state index contributed by atoms with van der Waals surface area (Å²) in [6, 6.07) is 1.37. The lowest BCUT2D eigenvalue weighted by molar-refractivity contribution is -0.113. The first-order valence-electron chi connectivity index (χ1n) is 6.45. The predicted octanol–water partition coefficient (Wildman–Crippen LogP) is 1.36. The second kappa shape index (κ2) is 7.38. The van der Waals surface area contributed by atoms with Crippen LogP contribution in [0.15, 0.2) is 16.0 Å². The highest BCUT2D eigenvalue weighted by Crippen LogP contribution is 2.23. The number of thioether (sulfide) groups is 1. The zero-order valence-electron chi connectivity index (χ0n) is 12.6. The van der Waals surface area contributed by atoms with Gasteiger partial charge in [-0.3, -0.25) is 9.59 Å². The summed E-state index contributed by atoms with van der Waals surface area (Å²) in [6.07, 6.45) is 0. The lowest BCUT2D eigenvalue weighted by Gasteiger charge is -2.02. The first-order chi connectivity index (χ1) is 10.9. The van der Waals surface area contributed by atoms with Crippen LogP contribution < -0.4 is 10.9 Å². The molecule has 0 saturated heterocycles. The molecule has 0 unspecified atom stereocenters. The molecule has 122 valence electrons. The first-order valence-corrected chi connectivity index (χ1v) is 8.25. The molecule has 0 bridgehead atoms. The fraction of sp³-hybridized carbons (Fsp3) is 0.308. The molecule has 0 spiro atoms. The van der Waals surface area contributed by atoms with Gasteiger partial charge in [-0.05, 0) is 13.8 Å². The number of aryl methyl sites for hydroxylation is 2. The number of ether oxygens (including phenoxy) is 1. The molecule has 10 heteroatoms. The van der Waals surface area contributed by atoms with Gasteiger partial charge in [-0.25, -0.2) is 14.8 Å². The van der Waals surface area contributed by atoms with E-state index in [2.05, 4.69) is 25.0 Å². The number of H-pyrrole nitrogens is 1. The van der Waals surface area contributed by atoms with E-state index in [9.17, 15) is 14.4 Å². The maximum absolute atomic E-state index is 11.9. The van der Waals surface area contributed by atoms with Crippen molar-refractivity contribution in [3.63, 3.8) is 0 Å². The van der Waals surface area contributed by atoms with Gasteiger partial charge in [0.15, 0.2) is 10.3 Å². The standard InChI is InChI=1S/C13H14N4O4S2/c1-6-4-8(18)16-12(14-6)22-5-9(19)17-13-15-7(2)10(23-13)11(20)21-3/h4H,5H2,1-3H3,(H,14,16,18)(H,15,17,19). The van der Waals surface area contributed by atoms with Gasteiger partial charge in [0.1, 0.15) is 4.88 Å². The van der Waals surface area contributed by atoms with Gasteiger partial charge in [-0.15, -0.1) is 0 Å². The summed E-state index contributed by atoms with van der Waals surface area (Å²) in [7, 11) is 1.28. The maximum Gasteiger partial charge on any atom is 0.350 e. The van der Waals surface area contributed by atoms with Crippen LogP contribution in [-0.4, -0.2) is 39.7 Å². The number of thiazole rings is 1. The van der Waals surface area contributed by atoms with E-state index in [0.29, 0.717) is 26.6 Å². The van der Waals surface area contributed by atoms with Crippen LogP contribution in [0, 0.1) is 13.8 Å². The summed E-state index contributed by atoms with van der Waals surface area (Å²) in [5.74, 6) is -0.751. The fourth-order valence-corrected chi connectivity index (χ4v) is 3.26. The number of esters is 1. The molecule has 2 heterocycles. The molecule has 0 saturated carbocycles. The Morgan fingerprint density at radius 2 is 2.13 bits per heavy atom. The fourth-order valence-electron chi connectivity index (χ4n) is 1.64. The van der Waals surface area contributed by atoms with Crippen molar-refractivity contribution in [3.05, 3.63) is 32.7 Å². The second-order valence-electron chi connectivity index (χ2n) is 4.45. The Hall–Kier alpha value is -2.20. The summed E-state index contributed by atoms with van der Waals surface area (Å²) in [5.41, 5.74) is 0.808. The van der Waals surface area contributed by atoms with Crippen molar-refractivity contribution in [1.29, 1.82) is 0 Å². The van der Waals surface area contributed by atoms with E-state index in [4.69, 9.17) is 0 Å². The van der Waals surface area contributed by atoms with Crippen LogP contribution in [-0.2, 0) is 9.53 Å². The molecule has 1 amide bonds. The van der Waals surface area contributed by atoms with E-state index in [1.807, 2.05) is 0 Å². The lowest BCUT2D eigenvalue weighted by Crippen LogP contribution is -2.15. The summed E-state index contributed by atoms with van der Waals surface area (Å²) in [6.45, 7) is 3.36. The number of hydrogen-bond acceptors (Lipinski definition) is 8. The number of aromatic amines is 1. The number of methoxy groups -OCH3 is 1. The number of carbonyl (C=O) groups is 2. The number of carbonyl (C=O) groups excluding carboxylic acids is 2. The molecule has 8 nitrogen and oxygen atoms in total. The average Bonchev–Trinajstić information content (AvgIpc) is 2.84. The van der Waals surface area contributed by atoms with E-state index in [1.165, 1.54) is 13.2 Å². The molecular formula is C13H14N4O4S2. The monoisotopic (exact) mass is 354 g/mol. The highest BCUT2D eigenvalue weighted by molar-refractivity contribution is 7.99. The minimum Gasteiger partial charge on any atom is -0.465 e. The smallest absolute Gasteiger partial charge is 0.350 e. The van der Waals surface area contributed by atoms with E-state index in [1.54, 1.807) is 13.8 Å². The molecule has 23 heavy (non-hydrogen) atoms. The summed E-state index contributed by atoms with van der Waals surface area (Å²) < 4.78 is 4.64. The quantitative estimate of drug-likeness (QED) is 0.473. The molecular weight excluding hydrogens is 340 g/mol.